The first-order valence-electron chi connectivity index (χ1n) is 13.2. The number of hydrogen-bond acceptors (Lipinski definition) is 5. The van der Waals surface area contributed by atoms with Crippen LogP contribution in [0.5, 0.6) is 0 Å². The molecule has 0 heterocycles. The summed E-state index contributed by atoms with van der Waals surface area (Å²) < 4.78 is 33.6. The molecule has 2 atom stereocenters. The second-order valence-electron chi connectivity index (χ2n) is 10.1. The van der Waals surface area contributed by atoms with Crippen molar-refractivity contribution in [1.29, 1.82) is 0 Å². The summed E-state index contributed by atoms with van der Waals surface area (Å²) in [5, 5.41) is 0. The first-order chi connectivity index (χ1) is 15.7. The number of quaternary nitrogens is 1. The molecular formula is C25H55NO6P+. The number of methoxy groups -OCH3 is 1. The van der Waals surface area contributed by atoms with E-state index in [4.69, 9.17) is 18.5 Å². The van der Waals surface area contributed by atoms with E-state index in [1.807, 2.05) is 21.1 Å². The fourth-order valence-corrected chi connectivity index (χ4v) is 4.18. The number of likely N-dealkylation sites (N-methyl/N-ethyl adjacent to an activating group) is 1. The first-order valence-corrected chi connectivity index (χ1v) is 14.7. The minimum Gasteiger partial charge on any atom is -0.379 e. The lowest BCUT2D eigenvalue weighted by Crippen LogP contribution is -2.37. The fourth-order valence-electron chi connectivity index (χ4n) is 3.44. The molecule has 0 fully saturated rings. The van der Waals surface area contributed by atoms with Gasteiger partial charge < -0.3 is 18.9 Å². The third kappa shape index (κ3) is 24.9. The van der Waals surface area contributed by atoms with E-state index >= 15 is 0 Å². The van der Waals surface area contributed by atoms with Crippen LogP contribution in [0.4, 0.5) is 0 Å². The van der Waals surface area contributed by atoms with E-state index in [2.05, 4.69) is 6.92 Å². The minimum atomic E-state index is -4.07. The molecule has 33 heavy (non-hydrogen) atoms. The van der Waals surface area contributed by atoms with Gasteiger partial charge in [-0.1, -0.05) is 90.4 Å². The second-order valence-corrected chi connectivity index (χ2v) is 11.6. The molecule has 0 rings (SSSR count). The number of nitrogens with zero attached hydrogens (tertiary/aromatic N) is 1. The third-order valence-corrected chi connectivity index (χ3v) is 6.70. The van der Waals surface area contributed by atoms with Crippen LogP contribution < -0.4 is 0 Å². The molecule has 0 saturated heterocycles. The summed E-state index contributed by atoms with van der Waals surface area (Å²) in [6, 6.07) is 0. The number of phosphoric ester groups is 1. The van der Waals surface area contributed by atoms with Gasteiger partial charge in [0.1, 0.15) is 19.3 Å². The first kappa shape index (κ1) is 33.0. The van der Waals surface area contributed by atoms with Crippen LogP contribution in [0.15, 0.2) is 0 Å². The average Bonchev–Trinajstić information content (AvgIpc) is 2.74. The molecule has 0 bridgehead atoms. The van der Waals surface area contributed by atoms with E-state index in [-0.39, 0.29) is 19.3 Å². The average molecular weight is 497 g/mol. The summed E-state index contributed by atoms with van der Waals surface area (Å²) in [7, 11) is 3.45. The Labute approximate surface area is 204 Å². The van der Waals surface area contributed by atoms with Crippen LogP contribution in [-0.4, -0.2) is 76.7 Å². The zero-order valence-electron chi connectivity index (χ0n) is 22.4. The van der Waals surface area contributed by atoms with Crippen molar-refractivity contribution in [2.24, 2.45) is 0 Å². The van der Waals surface area contributed by atoms with Gasteiger partial charge in [0, 0.05) is 13.7 Å². The van der Waals surface area contributed by atoms with Gasteiger partial charge in [-0.2, -0.15) is 0 Å². The van der Waals surface area contributed by atoms with Gasteiger partial charge in [-0.3, -0.25) is 9.05 Å². The van der Waals surface area contributed by atoms with Crippen LogP contribution in [0.1, 0.15) is 96.8 Å². The lowest BCUT2D eigenvalue weighted by Gasteiger charge is -2.24. The monoisotopic (exact) mass is 496 g/mol. The third-order valence-electron chi connectivity index (χ3n) is 5.72. The van der Waals surface area contributed by atoms with Gasteiger partial charge in [-0.25, -0.2) is 4.57 Å². The van der Waals surface area contributed by atoms with E-state index in [1.165, 1.54) is 83.5 Å². The van der Waals surface area contributed by atoms with Gasteiger partial charge in [-0.05, 0) is 6.42 Å². The Morgan fingerprint density at radius 3 is 1.67 bits per heavy atom. The molecule has 0 spiro atoms. The lowest BCUT2D eigenvalue weighted by molar-refractivity contribution is -0.870. The predicted octanol–water partition coefficient (Wildman–Crippen LogP) is 6.34. The molecule has 0 aromatic carbocycles. The van der Waals surface area contributed by atoms with E-state index in [9.17, 15) is 9.46 Å². The Kier molecular flexibility index (Phi) is 21.3. The van der Waals surface area contributed by atoms with Gasteiger partial charge in [0.25, 0.3) is 0 Å². The molecule has 200 valence electrons. The predicted molar refractivity (Wildman–Crippen MR) is 137 cm³/mol. The Balaban J connectivity index is 3.53. The minimum absolute atomic E-state index is 0.0343. The summed E-state index contributed by atoms with van der Waals surface area (Å²) >= 11 is 0. The normalized spacial score (nSPS) is 15.0. The van der Waals surface area contributed by atoms with Crippen molar-refractivity contribution < 1.29 is 32.5 Å². The van der Waals surface area contributed by atoms with Crippen molar-refractivity contribution in [2.75, 3.05) is 61.2 Å². The maximum absolute atomic E-state index is 12.0. The van der Waals surface area contributed by atoms with Crippen LogP contribution in [-0.2, 0) is 23.1 Å². The van der Waals surface area contributed by atoms with E-state index in [1.54, 1.807) is 7.11 Å². The van der Waals surface area contributed by atoms with Gasteiger partial charge in [0.15, 0.2) is 0 Å². The van der Waals surface area contributed by atoms with Crippen molar-refractivity contribution in [2.45, 2.75) is 103 Å². The van der Waals surface area contributed by atoms with Gasteiger partial charge in [-0.15, -0.1) is 0 Å². The van der Waals surface area contributed by atoms with Crippen LogP contribution in [0.25, 0.3) is 0 Å². The van der Waals surface area contributed by atoms with Gasteiger partial charge >= 0.3 is 7.82 Å². The Morgan fingerprint density at radius 1 is 0.727 bits per heavy atom. The highest BCUT2D eigenvalue weighted by molar-refractivity contribution is 7.47. The molecule has 8 heteroatoms. The molecule has 1 N–H and O–H groups in total. The molecule has 0 radical (unpaired) electrons. The highest BCUT2D eigenvalue weighted by Crippen LogP contribution is 2.43. The molecule has 0 aliphatic rings. The molecule has 0 aromatic rings. The Morgan fingerprint density at radius 2 is 1.21 bits per heavy atom. The molecule has 0 amide bonds. The Hall–Kier alpha value is -0.0100. The standard InChI is InChI=1S/C25H54NO6P/c1-6-7-8-9-10-11-12-13-14-15-16-17-18-19-21-30-23-25(29-5)24-32-33(27,28)31-22-20-26(2,3)4/h25H,6-24H2,1-5H3/p+1/t25-/m0/s1. The van der Waals surface area contributed by atoms with Crippen molar-refractivity contribution in [1.82, 2.24) is 0 Å². The smallest absolute Gasteiger partial charge is 0.379 e. The van der Waals surface area contributed by atoms with E-state index < -0.39 is 7.82 Å². The Bertz CT molecular complexity index is 472. The maximum atomic E-state index is 12.0. The molecule has 0 saturated carbocycles. The molecule has 7 nitrogen and oxygen atoms in total. The van der Waals surface area contributed by atoms with Gasteiger partial charge in [0.2, 0.25) is 0 Å². The zero-order valence-corrected chi connectivity index (χ0v) is 23.3. The largest absolute Gasteiger partial charge is 0.472 e. The van der Waals surface area contributed by atoms with Crippen molar-refractivity contribution in [3.05, 3.63) is 0 Å². The fraction of sp³-hybridized carbons (Fsp3) is 1.00. The molecule has 1 unspecified atom stereocenters. The summed E-state index contributed by atoms with van der Waals surface area (Å²) in [5.41, 5.74) is 0. The number of hydrogen-bond donors (Lipinski definition) is 1. The lowest BCUT2D eigenvalue weighted by atomic mass is 10.0. The maximum Gasteiger partial charge on any atom is 0.472 e. The summed E-state index contributed by atoms with van der Waals surface area (Å²) in [5.74, 6) is 0. The quantitative estimate of drug-likeness (QED) is 0.0903. The van der Waals surface area contributed by atoms with Crippen LogP contribution in [0, 0.1) is 0 Å². The number of rotatable bonds is 25. The second kappa shape index (κ2) is 21.3. The van der Waals surface area contributed by atoms with Crippen molar-refractivity contribution >= 4 is 7.82 Å². The van der Waals surface area contributed by atoms with Crippen molar-refractivity contribution in [3.8, 4) is 0 Å². The molecule has 0 aliphatic heterocycles. The van der Waals surface area contributed by atoms with Crippen LogP contribution in [0.2, 0.25) is 0 Å². The molecule has 0 aromatic heterocycles. The van der Waals surface area contributed by atoms with E-state index in [0.717, 1.165) is 6.42 Å². The number of unbranched alkanes of at least 4 members (excludes halogenated alkanes) is 13. The summed E-state index contributed by atoms with van der Waals surface area (Å²) in [6.45, 7) is 4.02. The molecular weight excluding hydrogens is 441 g/mol. The van der Waals surface area contributed by atoms with E-state index in [0.29, 0.717) is 24.2 Å². The highest BCUT2D eigenvalue weighted by Gasteiger charge is 2.24. The highest BCUT2D eigenvalue weighted by atomic mass is 31.2. The topological polar surface area (TPSA) is 74.2 Å². The van der Waals surface area contributed by atoms with Crippen LogP contribution in [0.3, 0.4) is 0 Å². The van der Waals surface area contributed by atoms with Crippen LogP contribution >= 0.6 is 7.82 Å². The summed E-state index contributed by atoms with van der Waals surface area (Å²) in [6.07, 6.45) is 18.3. The zero-order chi connectivity index (χ0) is 24.8. The number of ether oxygens (including phenoxy) is 2. The summed E-state index contributed by atoms with van der Waals surface area (Å²) in [4.78, 5) is 9.78. The van der Waals surface area contributed by atoms with Gasteiger partial charge in [0.05, 0.1) is 34.4 Å². The van der Waals surface area contributed by atoms with Crippen molar-refractivity contribution in [3.63, 3.8) is 0 Å². The number of phosphoric acid groups is 1. The SMILES string of the molecule is CCCCCCCCCCCCCCCCOC[C@@H](COP(=O)(O)OCC[N+](C)(C)C)OC. The molecule has 0 aliphatic carbocycles.